The molecule has 0 atom stereocenters. The molecule has 3 heterocycles. The fourth-order valence-electron chi connectivity index (χ4n) is 4.45. The summed E-state index contributed by atoms with van der Waals surface area (Å²) in [5.74, 6) is 0.710. The van der Waals surface area contributed by atoms with E-state index in [1.807, 2.05) is 0 Å². The fourth-order valence-corrected chi connectivity index (χ4v) is 4.45. The third kappa shape index (κ3) is 3.54. The Morgan fingerprint density at radius 1 is 0.828 bits per heavy atom. The number of ether oxygens (including phenoxy) is 1. The van der Waals surface area contributed by atoms with Gasteiger partial charge >= 0.3 is 0 Å². The van der Waals surface area contributed by atoms with Crippen molar-refractivity contribution in [3.8, 4) is 5.75 Å². The molecule has 29 heavy (non-hydrogen) atoms. The van der Waals surface area contributed by atoms with Crippen LogP contribution < -0.4 is 4.74 Å². The van der Waals surface area contributed by atoms with E-state index < -0.39 is 0 Å². The van der Waals surface area contributed by atoms with Crippen LogP contribution in [0.15, 0.2) is 42.5 Å². The molecule has 0 radical (unpaired) electrons. The molecule has 1 saturated heterocycles. The Morgan fingerprint density at radius 2 is 1.52 bits per heavy atom. The van der Waals surface area contributed by atoms with Crippen LogP contribution in [0.5, 0.6) is 5.75 Å². The second-order valence-corrected chi connectivity index (χ2v) is 7.97. The molecule has 0 bridgehead atoms. The van der Waals surface area contributed by atoms with E-state index in [1.165, 1.54) is 16.0 Å². The molecule has 6 nitrogen and oxygen atoms in total. The number of carbonyl (C=O) groups excluding carboxylic acids is 2. The Balaban J connectivity index is 1.11. The molecule has 2 aromatic carbocycles. The summed E-state index contributed by atoms with van der Waals surface area (Å²) in [5.41, 5.74) is 3.72. The molecule has 0 saturated carbocycles. The van der Waals surface area contributed by atoms with E-state index in [0.717, 1.165) is 58.0 Å². The third-order valence-corrected chi connectivity index (χ3v) is 6.14. The summed E-state index contributed by atoms with van der Waals surface area (Å²) in [5, 5.41) is 0. The van der Waals surface area contributed by atoms with Gasteiger partial charge in [-0.25, -0.2) is 0 Å². The standard InChI is InChI=1S/C23H25N3O3/c27-22-19-3-1-2-4-20(19)23(28)26(22)13-12-24-8-10-25(11-9-24)16-17-5-6-21-18(15-17)7-14-29-21/h1-6,15H,7-14,16H2. The van der Waals surface area contributed by atoms with Crippen molar-refractivity contribution < 1.29 is 14.3 Å². The summed E-state index contributed by atoms with van der Waals surface area (Å²) in [6.07, 6.45) is 1.01. The average Bonchev–Trinajstić information content (AvgIpc) is 3.31. The van der Waals surface area contributed by atoms with Gasteiger partial charge in [0.2, 0.25) is 0 Å². The first-order valence-corrected chi connectivity index (χ1v) is 10.3. The smallest absolute Gasteiger partial charge is 0.261 e. The van der Waals surface area contributed by atoms with E-state index >= 15 is 0 Å². The molecule has 2 amide bonds. The molecule has 0 spiro atoms. The van der Waals surface area contributed by atoms with Gasteiger partial charge in [-0.1, -0.05) is 24.3 Å². The van der Waals surface area contributed by atoms with Crippen molar-refractivity contribution in [2.45, 2.75) is 13.0 Å². The molecule has 0 aliphatic carbocycles. The molecule has 3 aliphatic rings. The van der Waals surface area contributed by atoms with E-state index in [4.69, 9.17) is 4.74 Å². The Bertz CT molecular complexity index is 915. The van der Waals surface area contributed by atoms with Gasteiger partial charge in [0.15, 0.2) is 0 Å². The summed E-state index contributed by atoms with van der Waals surface area (Å²) in [7, 11) is 0. The normalized spacial score (nSPS) is 19.4. The number of hydrogen-bond donors (Lipinski definition) is 0. The zero-order valence-electron chi connectivity index (χ0n) is 16.5. The molecule has 0 unspecified atom stereocenters. The SMILES string of the molecule is O=C1c2ccccc2C(=O)N1CCN1CCN(Cc2ccc3c(c2)CCO3)CC1. The molecule has 1 fully saturated rings. The monoisotopic (exact) mass is 391 g/mol. The number of piperazine rings is 1. The molecular formula is C23H25N3O3. The lowest BCUT2D eigenvalue weighted by Crippen LogP contribution is -2.48. The predicted molar refractivity (Wildman–Crippen MR) is 109 cm³/mol. The highest BCUT2D eigenvalue weighted by atomic mass is 16.5. The zero-order chi connectivity index (χ0) is 19.8. The van der Waals surface area contributed by atoms with Crippen molar-refractivity contribution in [3.63, 3.8) is 0 Å². The second kappa shape index (κ2) is 7.61. The van der Waals surface area contributed by atoms with Crippen LogP contribution in [0.1, 0.15) is 31.8 Å². The van der Waals surface area contributed by atoms with Crippen molar-refractivity contribution in [1.82, 2.24) is 14.7 Å². The number of hydrogen-bond acceptors (Lipinski definition) is 5. The van der Waals surface area contributed by atoms with Gasteiger partial charge in [0.05, 0.1) is 17.7 Å². The number of imide groups is 1. The van der Waals surface area contributed by atoms with Crippen molar-refractivity contribution in [3.05, 3.63) is 64.7 Å². The minimum atomic E-state index is -0.162. The highest BCUT2D eigenvalue weighted by molar-refractivity contribution is 6.21. The number of amides is 2. The van der Waals surface area contributed by atoms with E-state index in [2.05, 4.69) is 28.0 Å². The number of benzene rings is 2. The molecule has 3 aliphatic heterocycles. The molecule has 5 rings (SSSR count). The van der Waals surface area contributed by atoms with Crippen LogP contribution in [-0.2, 0) is 13.0 Å². The van der Waals surface area contributed by atoms with Crippen LogP contribution in [0.2, 0.25) is 0 Å². The lowest BCUT2D eigenvalue weighted by Gasteiger charge is -2.35. The Morgan fingerprint density at radius 3 is 2.24 bits per heavy atom. The molecule has 0 N–H and O–H groups in total. The average molecular weight is 391 g/mol. The van der Waals surface area contributed by atoms with E-state index in [0.29, 0.717) is 17.7 Å². The quantitative estimate of drug-likeness (QED) is 0.730. The minimum absolute atomic E-state index is 0.162. The van der Waals surface area contributed by atoms with E-state index in [9.17, 15) is 9.59 Å². The van der Waals surface area contributed by atoms with Crippen molar-refractivity contribution in [2.75, 3.05) is 45.9 Å². The number of carbonyl (C=O) groups is 2. The first-order chi connectivity index (χ1) is 14.2. The fraction of sp³-hybridized carbons (Fsp3) is 0.391. The van der Waals surface area contributed by atoms with E-state index in [1.54, 1.807) is 24.3 Å². The third-order valence-electron chi connectivity index (χ3n) is 6.14. The van der Waals surface area contributed by atoms with Gasteiger partial charge < -0.3 is 4.74 Å². The molecule has 150 valence electrons. The number of fused-ring (bicyclic) bond motifs is 2. The van der Waals surface area contributed by atoms with Gasteiger partial charge in [-0.05, 0) is 29.3 Å². The van der Waals surface area contributed by atoms with Crippen molar-refractivity contribution in [1.29, 1.82) is 0 Å². The van der Waals surface area contributed by atoms with Gasteiger partial charge in [-0.15, -0.1) is 0 Å². The maximum absolute atomic E-state index is 12.5. The summed E-state index contributed by atoms with van der Waals surface area (Å²) in [4.78, 5) is 31.2. The first-order valence-electron chi connectivity index (χ1n) is 10.3. The van der Waals surface area contributed by atoms with Crippen LogP contribution >= 0.6 is 0 Å². The summed E-state index contributed by atoms with van der Waals surface area (Å²) in [6.45, 7) is 6.84. The topological polar surface area (TPSA) is 53.1 Å². The predicted octanol–water partition coefficient (Wildman–Crippen LogP) is 2.04. The van der Waals surface area contributed by atoms with Gasteiger partial charge in [-0.3, -0.25) is 24.3 Å². The van der Waals surface area contributed by atoms with Crippen molar-refractivity contribution >= 4 is 11.8 Å². The highest BCUT2D eigenvalue weighted by Crippen LogP contribution is 2.26. The summed E-state index contributed by atoms with van der Waals surface area (Å²) in [6, 6.07) is 13.6. The maximum Gasteiger partial charge on any atom is 0.261 e. The Kier molecular flexibility index (Phi) is 4.81. The molecule has 0 aromatic heterocycles. The minimum Gasteiger partial charge on any atom is -0.493 e. The van der Waals surface area contributed by atoms with Crippen LogP contribution in [-0.4, -0.2) is 72.4 Å². The van der Waals surface area contributed by atoms with Gasteiger partial charge in [-0.2, -0.15) is 0 Å². The van der Waals surface area contributed by atoms with Crippen LogP contribution in [0, 0.1) is 0 Å². The number of nitrogens with zero attached hydrogens (tertiary/aromatic N) is 3. The van der Waals surface area contributed by atoms with E-state index in [-0.39, 0.29) is 11.8 Å². The zero-order valence-corrected chi connectivity index (χ0v) is 16.5. The Hall–Kier alpha value is -2.70. The summed E-state index contributed by atoms with van der Waals surface area (Å²) < 4.78 is 5.59. The summed E-state index contributed by atoms with van der Waals surface area (Å²) >= 11 is 0. The number of rotatable bonds is 5. The Labute approximate surface area is 170 Å². The lowest BCUT2D eigenvalue weighted by atomic mass is 10.1. The second-order valence-electron chi connectivity index (χ2n) is 7.97. The van der Waals surface area contributed by atoms with Crippen LogP contribution in [0.25, 0.3) is 0 Å². The first kappa shape index (κ1) is 18.3. The van der Waals surface area contributed by atoms with Gasteiger partial charge in [0.25, 0.3) is 11.8 Å². The highest BCUT2D eigenvalue weighted by Gasteiger charge is 2.35. The van der Waals surface area contributed by atoms with Crippen LogP contribution in [0.4, 0.5) is 0 Å². The van der Waals surface area contributed by atoms with Crippen LogP contribution in [0.3, 0.4) is 0 Å². The lowest BCUT2D eigenvalue weighted by molar-refractivity contribution is 0.0612. The van der Waals surface area contributed by atoms with Gasteiger partial charge in [0, 0.05) is 52.2 Å². The maximum atomic E-state index is 12.5. The molecule has 2 aromatic rings. The largest absolute Gasteiger partial charge is 0.493 e. The van der Waals surface area contributed by atoms with Gasteiger partial charge in [0.1, 0.15) is 5.75 Å². The van der Waals surface area contributed by atoms with Crippen molar-refractivity contribution in [2.24, 2.45) is 0 Å². The molecule has 6 heteroatoms. The molecular weight excluding hydrogens is 366 g/mol.